The minimum atomic E-state index is -0.500. The van der Waals surface area contributed by atoms with Crippen molar-refractivity contribution >= 4 is 5.91 Å². The maximum absolute atomic E-state index is 12.4. The van der Waals surface area contributed by atoms with Crippen LogP contribution in [0.15, 0.2) is 24.3 Å². The molecule has 3 nitrogen and oxygen atoms in total. The fourth-order valence-electron chi connectivity index (χ4n) is 2.69. The van der Waals surface area contributed by atoms with E-state index in [1.807, 2.05) is 25.1 Å². The minimum Gasteiger partial charge on any atom is -0.481 e. The molecule has 0 fully saturated rings. The normalized spacial score (nSPS) is 13.0. The highest BCUT2D eigenvalue weighted by Crippen LogP contribution is 2.26. The molecule has 0 aliphatic heterocycles. The van der Waals surface area contributed by atoms with Gasteiger partial charge in [-0.1, -0.05) is 59.7 Å². The van der Waals surface area contributed by atoms with E-state index in [1.54, 1.807) is 0 Å². The summed E-state index contributed by atoms with van der Waals surface area (Å²) in [5, 5.41) is 3.12. The van der Waals surface area contributed by atoms with E-state index < -0.39 is 6.10 Å². The summed E-state index contributed by atoms with van der Waals surface area (Å²) in [7, 11) is 0. The molecule has 22 heavy (non-hydrogen) atoms. The van der Waals surface area contributed by atoms with E-state index >= 15 is 0 Å². The molecule has 0 aliphatic rings. The van der Waals surface area contributed by atoms with Crippen LogP contribution in [0.2, 0.25) is 0 Å². The molecule has 0 unspecified atom stereocenters. The molecule has 0 aliphatic carbocycles. The van der Waals surface area contributed by atoms with Crippen LogP contribution in [-0.4, -0.2) is 18.1 Å². The van der Waals surface area contributed by atoms with Crippen LogP contribution in [0.5, 0.6) is 5.75 Å². The molecule has 0 aromatic heterocycles. The first kappa shape index (κ1) is 18.5. The maximum Gasteiger partial charge on any atom is 0.261 e. The van der Waals surface area contributed by atoms with Gasteiger partial charge in [0.15, 0.2) is 6.10 Å². The maximum atomic E-state index is 12.4. The van der Waals surface area contributed by atoms with Gasteiger partial charge in [0, 0.05) is 6.04 Å². The van der Waals surface area contributed by atoms with Crippen LogP contribution in [0.1, 0.15) is 59.9 Å². The topological polar surface area (TPSA) is 38.3 Å². The lowest BCUT2D eigenvalue weighted by Crippen LogP contribution is -2.47. The van der Waals surface area contributed by atoms with Gasteiger partial charge in [-0.15, -0.1) is 0 Å². The second kappa shape index (κ2) is 8.21. The van der Waals surface area contributed by atoms with E-state index in [-0.39, 0.29) is 11.9 Å². The van der Waals surface area contributed by atoms with Crippen molar-refractivity contribution in [2.45, 2.75) is 66.5 Å². The Hall–Kier alpha value is -1.51. The predicted molar refractivity (Wildman–Crippen MR) is 92.2 cm³/mol. The van der Waals surface area contributed by atoms with E-state index in [0.29, 0.717) is 17.8 Å². The number of hydrogen-bond donors (Lipinski definition) is 1. The summed E-state index contributed by atoms with van der Waals surface area (Å²) in [4.78, 5) is 12.4. The highest BCUT2D eigenvalue weighted by Gasteiger charge is 2.24. The van der Waals surface area contributed by atoms with Crippen LogP contribution in [0.3, 0.4) is 0 Å². The lowest BCUT2D eigenvalue weighted by molar-refractivity contribution is -0.128. The molecule has 1 rings (SSSR count). The Bertz CT molecular complexity index is 472. The van der Waals surface area contributed by atoms with Crippen molar-refractivity contribution in [1.82, 2.24) is 5.32 Å². The number of nitrogens with one attached hydrogen (secondary N) is 1. The molecule has 3 heteroatoms. The predicted octanol–water partition coefficient (Wildman–Crippen LogP) is 4.37. The monoisotopic (exact) mass is 305 g/mol. The van der Waals surface area contributed by atoms with E-state index in [2.05, 4.69) is 52.9 Å². The molecule has 0 heterocycles. The second-order valence-corrected chi connectivity index (χ2v) is 6.98. The van der Waals surface area contributed by atoms with Crippen molar-refractivity contribution in [3.63, 3.8) is 0 Å². The smallest absolute Gasteiger partial charge is 0.261 e. The third-order valence-corrected chi connectivity index (χ3v) is 3.96. The zero-order valence-corrected chi connectivity index (χ0v) is 15.0. The van der Waals surface area contributed by atoms with Gasteiger partial charge in [0.1, 0.15) is 5.75 Å². The first-order chi connectivity index (χ1) is 10.2. The van der Waals surface area contributed by atoms with Crippen molar-refractivity contribution in [3.8, 4) is 5.75 Å². The van der Waals surface area contributed by atoms with Gasteiger partial charge in [0.2, 0.25) is 0 Å². The molecular weight excluding hydrogens is 274 g/mol. The molecule has 0 spiro atoms. The quantitative estimate of drug-likeness (QED) is 0.812. The van der Waals surface area contributed by atoms with Gasteiger partial charge in [-0.25, -0.2) is 0 Å². The fourth-order valence-corrected chi connectivity index (χ4v) is 2.69. The molecule has 1 N–H and O–H groups in total. The van der Waals surface area contributed by atoms with Crippen LogP contribution in [0.4, 0.5) is 0 Å². The number of amides is 1. The summed E-state index contributed by atoms with van der Waals surface area (Å²) >= 11 is 0. The minimum absolute atomic E-state index is 0.0500. The lowest BCUT2D eigenvalue weighted by Gasteiger charge is -2.28. The van der Waals surface area contributed by atoms with Crippen molar-refractivity contribution in [1.29, 1.82) is 0 Å². The molecule has 0 bridgehead atoms. The Morgan fingerprint density at radius 1 is 0.955 bits per heavy atom. The summed E-state index contributed by atoms with van der Waals surface area (Å²) in [5.41, 5.74) is 1.13. The average molecular weight is 305 g/mol. The Morgan fingerprint density at radius 3 is 2.00 bits per heavy atom. The van der Waals surface area contributed by atoms with Gasteiger partial charge in [-0.3, -0.25) is 4.79 Å². The molecular formula is C19H31NO2. The molecule has 1 amide bonds. The molecule has 0 radical (unpaired) electrons. The van der Waals surface area contributed by atoms with Gasteiger partial charge >= 0.3 is 0 Å². The Labute approximate surface area is 135 Å². The summed E-state index contributed by atoms with van der Waals surface area (Å²) in [6, 6.07) is 8.09. The number of benzene rings is 1. The molecule has 1 aromatic rings. The highest BCUT2D eigenvalue weighted by atomic mass is 16.5. The van der Waals surface area contributed by atoms with Crippen LogP contribution in [0.25, 0.3) is 0 Å². The highest BCUT2D eigenvalue weighted by molar-refractivity contribution is 5.81. The summed E-state index contributed by atoms with van der Waals surface area (Å²) in [6.45, 7) is 14.6. The standard InChI is InChI=1S/C19H31NO2/c1-12(2)16-10-8-9-11-17(16)22-15(7)19(21)20-18(13(3)4)14(5)6/h8-15,18H,1-7H3,(H,20,21)/t15-/m0/s1. The first-order valence-electron chi connectivity index (χ1n) is 8.30. The van der Waals surface area contributed by atoms with E-state index in [4.69, 9.17) is 4.74 Å². The average Bonchev–Trinajstić information content (AvgIpc) is 2.43. The summed E-state index contributed by atoms with van der Waals surface area (Å²) in [5.74, 6) is 1.92. The number of rotatable bonds is 7. The second-order valence-electron chi connectivity index (χ2n) is 6.98. The number of carbonyl (C=O) groups is 1. The van der Waals surface area contributed by atoms with Crippen LogP contribution >= 0.6 is 0 Å². The van der Waals surface area contributed by atoms with Crippen molar-refractivity contribution in [2.75, 3.05) is 0 Å². The third kappa shape index (κ3) is 5.04. The van der Waals surface area contributed by atoms with Crippen LogP contribution in [-0.2, 0) is 4.79 Å². The third-order valence-electron chi connectivity index (χ3n) is 3.96. The zero-order valence-electron chi connectivity index (χ0n) is 15.0. The zero-order chi connectivity index (χ0) is 16.9. The van der Waals surface area contributed by atoms with Crippen molar-refractivity contribution in [2.24, 2.45) is 11.8 Å². The first-order valence-corrected chi connectivity index (χ1v) is 8.30. The van der Waals surface area contributed by atoms with Gasteiger partial charge in [0.25, 0.3) is 5.91 Å². The van der Waals surface area contributed by atoms with Crippen LogP contribution < -0.4 is 10.1 Å². The van der Waals surface area contributed by atoms with E-state index in [1.165, 1.54) is 0 Å². The van der Waals surface area contributed by atoms with Gasteiger partial charge in [-0.05, 0) is 36.3 Å². The molecule has 1 aromatic carbocycles. The summed E-state index contributed by atoms with van der Waals surface area (Å²) < 4.78 is 5.92. The summed E-state index contributed by atoms with van der Waals surface area (Å²) in [6.07, 6.45) is -0.500. The number of ether oxygens (including phenoxy) is 1. The van der Waals surface area contributed by atoms with Crippen LogP contribution in [0, 0.1) is 11.8 Å². The lowest BCUT2D eigenvalue weighted by atomic mass is 9.93. The van der Waals surface area contributed by atoms with E-state index in [0.717, 1.165) is 11.3 Å². The Morgan fingerprint density at radius 2 is 1.50 bits per heavy atom. The number of carbonyl (C=O) groups excluding carboxylic acids is 1. The van der Waals surface area contributed by atoms with Gasteiger partial charge in [-0.2, -0.15) is 0 Å². The Kier molecular flexibility index (Phi) is 6.92. The molecule has 0 saturated carbocycles. The largest absolute Gasteiger partial charge is 0.481 e. The molecule has 1 atom stereocenters. The van der Waals surface area contributed by atoms with Crippen molar-refractivity contribution in [3.05, 3.63) is 29.8 Å². The number of hydrogen-bond acceptors (Lipinski definition) is 2. The van der Waals surface area contributed by atoms with E-state index in [9.17, 15) is 4.79 Å². The number of para-hydroxylation sites is 1. The van der Waals surface area contributed by atoms with Crippen molar-refractivity contribution < 1.29 is 9.53 Å². The fraction of sp³-hybridized carbons (Fsp3) is 0.632. The Balaban J connectivity index is 2.76. The SMILES string of the molecule is CC(C)c1ccccc1O[C@@H](C)C(=O)NC(C(C)C)C(C)C. The van der Waals surface area contributed by atoms with Gasteiger partial charge < -0.3 is 10.1 Å². The van der Waals surface area contributed by atoms with Gasteiger partial charge in [0.05, 0.1) is 0 Å². The molecule has 124 valence electrons. The molecule has 0 saturated heterocycles.